The Balaban J connectivity index is 1.56. The molecular weight excluding hydrogens is 480 g/mol. The van der Waals surface area contributed by atoms with Gasteiger partial charge in [0.25, 0.3) is 0 Å². The van der Waals surface area contributed by atoms with E-state index in [1.54, 1.807) is 6.07 Å². The molecule has 186 valence electrons. The number of aliphatic carboxylic acids is 1. The van der Waals surface area contributed by atoms with Gasteiger partial charge in [0.1, 0.15) is 0 Å². The molecule has 0 unspecified atom stereocenters. The van der Waals surface area contributed by atoms with Gasteiger partial charge in [-0.25, -0.2) is 0 Å². The first-order valence-corrected chi connectivity index (χ1v) is 13.2. The van der Waals surface area contributed by atoms with Crippen LogP contribution in [0.5, 0.6) is 0 Å². The Kier molecular flexibility index (Phi) is 7.30. The van der Waals surface area contributed by atoms with Gasteiger partial charge in [-0.15, -0.1) is 11.3 Å². The van der Waals surface area contributed by atoms with E-state index < -0.39 is 5.97 Å². The van der Waals surface area contributed by atoms with E-state index in [0.29, 0.717) is 22.5 Å². The van der Waals surface area contributed by atoms with Gasteiger partial charge in [-0.05, 0) is 54.3 Å². The molecule has 0 radical (unpaired) electrons. The van der Waals surface area contributed by atoms with E-state index in [2.05, 4.69) is 22.8 Å². The van der Waals surface area contributed by atoms with E-state index in [9.17, 15) is 14.7 Å². The molecule has 6 heteroatoms. The molecule has 37 heavy (non-hydrogen) atoms. The van der Waals surface area contributed by atoms with Crippen molar-refractivity contribution in [3.8, 4) is 21.7 Å². The predicted molar refractivity (Wildman–Crippen MR) is 150 cm³/mol. The Morgan fingerprint density at radius 3 is 2.22 bits per heavy atom. The molecule has 0 atom stereocenters. The summed E-state index contributed by atoms with van der Waals surface area (Å²) in [5, 5.41) is 10.5. The molecule has 0 saturated carbocycles. The van der Waals surface area contributed by atoms with Crippen LogP contribution in [0.4, 0.5) is 0 Å². The lowest BCUT2D eigenvalue weighted by atomic mass is 10.0. The Hall–Kier alpha value is -4.00. The summed E-state index contributed by atoms with van der Waals surface area (Å²) < 4.78 is 2.27. The fourth-order valence-electron chi connectivity index (χ4n) is 4.71. The number of carboxylic acid groups (broad SMARTS) is 1. The second-order valence-electron chi connectivity index (χ2n) is 9.05. The Bertz CT molecular complexity index is 1550. The largest absolute Gasteiger partial charge is 0.481 e. The number of carbonyl (C=O) groups is 2. The molecule has 0 bridgehead atoms. The SMILES string of the molecule is NCCCCn1c(-c2ccccc2)cc2ccc(C(=O)c3cc(CC(=O)O)c(-c4ccccc4)s3)cc21. The highest BCUT2D eigenvalue weighted by molar-refractivity contribution is 7.17. The van der Waals surface area contributed by atoms with Crippen LogP contribution in [-0.4, -0.2) is 28.0 Å². The molecule has 3 N–H and O–H groups in total. The van der Waals surface area contributed by atoms with Gasteiger partial charge >= 0.3 is 5.97 Å². The highest BCUT2D eigenvalue weighted by atomic mass is 32.1. The van der Waals surface area contributed by atoms with E-state index in [0.717, 1.165) is 52.0 Å². The molecule has 0 fully saturated rings. The zero-order valence-corrected chi connectivity index (χ0v) is 21.2. The number of benzene rings is 3. The Morgan fingerprint density at radius 2 is 1.54 bits per heavy atom. The van der Waals surface area contributed by atoms with Gasteiger partial charge in [-0.1, -0.05) is 72.8 Å². The monoisotopic (exact) mass is 508 g/mol. The minimum atomic E-state index is -0.917. The third-order valence-corrected chi connectivity index (χ3v) is 7.71. The fourth-order valence-corrected chi connectivity index (χ4v) is 5.86. The summed E-state index contributed by atoms with van der Waals surface area (Å²) in [6, 6.07) is 29.6. The van der Waals surface area contributed by atoms with Crippen LogP contribution in [0.15, 0.2) is 91.0 Å². The minimum absolute atomic E-state index is 0.100. The van der Waals surface area contributed by atoms with Gasteiger partial charge in [-0.2, -0.15) is 0 Å². The highest BCUT2D eigenvalue weighted by Crippen LogP contribution is 2.35. The summed E-state index contributed by atoms with van der Waals surface area (Å²) in [7, 11) is 0. The van der Waals surface area contributed by atoms with Crippen molar-refractivity contribution >= 4 is 34.0 Å². The van der Waals surface area contributed by atoms with Gasteiger partial charge in [0.05, 0.1) is 11.3 Å². The standard InChI is InChI=1S/C31H28N2O3S/c32-15-7-8-16-33-26(21-9-3-1-4-10-21)17-23-13-14-24(18-27(23)33)30(36)28-19-25(20-29(34)35)31(37-28)22-11-5-2-6-12-22/h1-6,9-14,17-19H,7-8,15-16,20,32H2,(H,34,35). The lowest BCUT2D eigenvalue weighted by Crippen LogP contribution is -2.05. The average molecular weight is 509 g/mol. The van der Waals surface area contributed by atoms with Crippen LogP contribution >= 0.6 is 11.3 Å². The number of carbonyl (C=O) groups excluding carboxylic acids is 1. The predicted octanol–water partition coefficient (Wildman–Crippen LogP) is 6.63. The molecule has 0 amide bonds. The average Bonchev–Trinajstić information content (AvgIpc) is 3.50. The third kappa shape index (κ3) is 5.26. The number of rotatable bonds is 10. The number of aryl methyl sites for hydroxylation is 1. The summed E-state index contributed by atoms with van der Waals surface area (Å²) in [5.41, 5.74) is 11.2. The molecule has 5 rings (SSSR count). The molecule has 0 aliphatic heterocycles. The normalized spacial score (nSPS) is 11.2. The summed E-state index contributed by atoms with van der Waals surface area (Å²) in [6.45, 7) is 1.45. The topological polar surface area (TPSA) is 85.3 Å². The van der Waals surface area contributed by atoms with E-state index >= 15 is 0 Å². The fraction of sp³-hybridized carbons (Fsp3) is 0.161. The lowest BCUT2D eigenvalue weighted by Gasteiger charge is -2.11. The van der Waals surface area contributed by atoms with Gasteiger partial charge in [0, 0.05) is 33.6 Å². The second-order valence-corrected chi connectivity index (χ2v) is 10.1. The van der Waals surface area contributed by atoms with Crippen LogP contribution < -0.4 is 5.73 Å². The first kappa shape index (κ1) is 24.7. The molecule has 0 aliphatic rings. The molecular formula is C31H28N2O3S. The molecule has 0 aliphatic carbocycles. The van der Waals surface area contributed by atoms with Crippen LogP contribution in [0.3, 0.4) is 0 Å². The zero-order valence-electron chi connectivity index (χ0n) is 20.4. The van der Waals surface area contributed by atoms with E-state index in [-0.39, 0.29) is 12.2 Å². The molecule has 0 saturated heterocycles. The van der Waals surface area contributed by atoms with Gasteiger partial charge in [0.15, 0.2) is 0 Å². The molecule has 2 heterocycles. The second kappa shape index (κ2) is 10.9. The van der Waals surface area contributed by atoms with Crippen molar-refractivity contribution in [1.29, 1.82) is 0 Å². The first-order valence-electron chi connectivity index (χ1n) is 12.4. The van der Waals surface area contributed by atoms with Crippen LogP contribution in [0.2, 0.25) is 0 Å². The molecule has 5 nitrogen and oxygen atoms in total. The maximum Gasteiger partial charge on any atom is 0.307 e. The van der Waals surface area contributed by atoms with E-state index in [4.69, 9.17) is 5.73 Å². The number of carboxylic acids is 1. The number of nitrogens with two attached hydrogens (primary N) is 1. The van der Waals surface area contributed by atoms with Crippen LogP contribution in [0.1, 0.15) is 33.6 Å². The summed E-state index contributed by atoms with van der Waals surface area (Å²) in [5.74, 6) is -1.02. The molecule has 2 aromatic heterocycles. The maximum absolute atomic E-state index is 13.7. The number of aromatic nitrogens is 1. The van der Waals surface area contributed by atoms with Crippen molar-refractivity contribution in [3.63, 3.8) is 0 Å². The number of hydrogen-bond acceptors (Lipinski definition) is 4. The third-order valence-electron chi connectivity index (χ3n) is 6.48. The lowest BCUT2D eigenvalue weighted by molar-refractivity contribution is -0.136. The number of fused-ring (bicyclic) bond motifs is 1. The number of ketones is 1. The maximum atomic E-state index is 13.7. The zero-order chi connectivity index (χ0) is 25.8. The van der Waals surface area contributed by atoms with E-state index in [1.165, 1.54) is 11.3 Å². The van der Waals surface area contributed by atoms with Gasteiger partial charge in [-0.3, -0.25) is 9.59 Å². The van der Waals surface area contributed by atoms with E-state index in [1.807, 2.05) is 66.7 Å². The van der Waals surface area contributed by atoms with Crippen molar-refractivity contribution in [1.82, 2.24) is 4.57 Å². The van der Waals surface area contributed by atoms with Crippen molar-refractivity contribution in [2.45, 2.75) is 25.8 Å². The number of nitrogens with zero attached hydrogens (tertiary/aromatic N) is 1. The molecule has 0 spiro atoms. The Morgan fingerprint density at radius 1 is 0.838 bits per heavy atom. The van der Waals surface area contributed by atoms with Crippen molar-refractivity contribution in [3.05, 3.63) is 107 Å². The highest BCUT2D eigenvalue weighted by Gasteiger charge is 2.20. The summed E-state index contributed by atoms with van der Waals surface area (Å²) >= 11 is 1.35. The van der Waals surface area contributed by atoms with Crippen LogP contribution in [-0.2, 0) is 17.8 Å². The number of hydrogen-bond donors (Lipinski definition) is 2. The number of unbranched alkanes of at least 4 members (excludes halogenated alkanes) is 1. The summed E-state index contributed by atoms with van der Waals surface area (Å²) in [4.78, 5) is 26.5. The first-order chi connectivity index (χ1) is 18.0. The Labute approximate surface area is 219 Å². The summed E-state index contributed by atoms with van der Waals surface area (Å²) in [6.07, 6.45) is 1.75. The van der Waals surface area contributed by atoms with Gasteiger partial charge < -0.3 is 15.4 Å². The van der Waals surface area contributed by atoms with Crippen molar-refractivity contribution in [2.75, 3.05) is 6.54 Å². The smallest absolute Gasteiger partial charge is 0.307 e. The van der Waals surface area contributed by atoms with Gasteiger partial charge in [0.2, 0.25) is 5.78 Å². The van der Waals surface area contributed by atoms with Crippen LogP contribution in [0.25, 0.3) is 32.6 Å². The molecule has 3 aromatic carbocycles. The number of thiophene rings is 1. The van der Waals surface area contributed by atoms with Crippen molar-refractivity contribution < 1.29 is 14.7 Å². The minimum Gasteiger partial charge on any atom is -0.481 e. The molecule has 5 aromatic rings. The van der Waals surface area contributed by atoms with Crippen molar-refractivity contribution in [2.24, 2.45) is 5.73 Å². The quantitative estimate of drug-likeness (QED) is 0.164. The van der Waals surface area contributed by atoms with Crippen LogP contribution in [0, 0.1) is 0 Å².